The molecule has 1 aliphatic heterocycles. The van der Waals surface area contributed by atoms with Gasteiger partial charge in [-0.15, -0.1) is 15.0 Å². The van der Waals surface area contributed by atoms with E-state index in [1.54, 1.807) is 23.0 Å². The average Bonchev–Trinajstić information content (AvgIpc) is 3.45. The molecule has 156 valence electrons. The maximum absolute atomic E-state index is 12.8. The maximum Gasteiger partial charge on any atom is 0.255 e. The highest BCUT2D eigenvalue weighted by molar-refractivity contribution is 6.06. The molecule has 4 aromatic carbocycles. The van der Waals surface area contributed by atoms with E-state index in [0.717, 1.165) is 27.5 Å². The summed E-state index contributed by atoms with van der Waals surface area (Å²) >= 11 is 0. The van der Waals surface area contributed by atoms with Gasteiger partial charge < -0.3 is 14.8 Å². The van der Waals surface area contributed by atoms with Gasteiger partial charge in [-0.05, 0) is 54.3 Å². The van der Waals surface area contributed by atoms with Gasteiger partial charge >= 0.3 is 0 Å². The van der Waals surface area contributed by atoms with Gasteiger partial charge in [-0.25, -0.2) is 0 Å². The third-order valence-corrected chi connectivity index (χ3v) is 5.59. The number of carbonyl (C=O) groups excluding carboxylic acids is 1. The van der Waals surface area contributed by atoms with Crippen LogP contribution in [0.2, 0.25) is 0 Å². The van der Waals surface area contributed by atoms with Gasteiger partial charge in [-0.2, -0.15) is 0 Å². The Kier molecular flexibility index (Phi) is 4.07. The van der Waals surface area contributed by atoms with Crippen molar-refractivity contribution < 1.29 is 14.3 Å². The largest absolute Gasteiger partial charge is 0.454 e. The number of aromatic nitrogens is 3. The van der Waals surface area contributed by atoms with E-state index in [0.29, 0.717) is 28.3 Å². The van der Waals surface area contributed by atoms with Gasteiger partial charge in [0.1, 0.15) is 11.0 Å². The first-order valence-corrected chi connectivity index (χ1v) is 10.2. The summed E-state index contributed by atoms with van der Waals surface area (Å²) < 4.78 is 10.7. The minimum Gasteiger partial charge on any atom is -0.454 e. The minimum absolute atomic E-state index is 0.169. The maximum atomic E-state index is 12.8. The van der Waals surface area contributed by atoms with Crippen molar-refractivity contribution >= 4 is 33.4 Å². The molecule has 0 spiro atoms. The van der Waals surface area contributed by atoms with E-state index in [4.69, 9.17) is 9.47 Å². The van der Waals surface area contributed by atoms with Gasteiger partial charge in [0.2, 0.25) is 6.79 Å². The second kappa shape index (κ2) is 7.09. The number of nitrogens with zero attached hydrogens (tertiary/aromatic N) is 3. The molecule has 0 saturated heterocycles. The summed E-state index contributed by atoms with van der Waals surface area (Å²) in [6.45, 7) is 2.11. The van der Waals surface area contributed by atoms with Crippen molar-refractivity contribution in [3.05, 3.63) is 83.9 Å². The van der Waals surface area contributed by atoms with Crippen LogP contribution in [0.4, 0.5) is 5.69 Å². The first-order valence-electron chi connectivity index (χ1n) is 10.2. The fourth-order valence-electron chi connectivity index (χ4n) is 3.93. The molecule has 1 aromatic heterocycles. The molecular weight excluding hydrogens is 404 g/mol. The van der Waals surface area contributed by atoms with Crippen LogP contribution in [0.25, 0.3) is 27.5 Å². The molecule has 2 heterocycles. The van der Waals surface area contributed by atoms with E-state index in [9.17, 15) is 4.79 Å². The van der Waals surface area contributed by atoms with Gasteiger partial charge in [-0.3, -0.25) is 4.79 Å². The highest BCUT2D eigenvalue weighted by atomic mass is 16.7. The lowest BCUT2D eigenvalue weighted by atomic mass is 10.1. The topological polar surface area (TPSA) is 78.3 Å². The number of hydrogen-bond donors (Lipinski definition) is 1. The second-order valence-corrected chi connectivity index (χ2v) is 7.67. The fraction of sp³-hybridized carbons (Fsp3) is 0.0800. The zero-order chi connectivity index (χ0) is 21.7. The number of fused-ring (bicyclic) bond motifs is 3. The van der Waals surface area contributed by atoms with Crippen LogP contribution in [0.15, 0.2) is 72.8 Å². The van der Waals surface area contributed by atoms with Crippen LogP contribution in [0.5, 0.6) is 11.5 Å². The van der Waals surface area contributed by atoms with Crippen molar-refractivity contribution in [3.63, 3.8) is 0 Å². The van der Waals surface area contributed by atoms with Gasteiger partial charge in [0, 0.05) is 16.6 Å². The quantitative estimate of drug-likeness (QED) is 0.449. The van der Waals surface area contributed by atoms with E-state index in [-0.39, 0.29) is 12.7 Å². The summed E-state index contributed by atoms with van der Waals surface area (Å²) in [5.74, 6) is 0.985. The highest BCUT2D eigenvalue weighted by Crippen LogP contribution is 2.33. The van der Waals surface area contributed by atoms with Crippen molar-refractivity contribution in [1.82, 2.24) is 15.0 Å². The predicted octanol–water partition coefficient (Wildman–Crippen LogP) is 4.86. The molecule has 1 aliphatic rings. The van der Waals surface area contributed by atoms with E-state index in [2.05, 4.69) is 33.7 Å². The molecule has 6 rings (SSSR count). The monoisotopic (exact) mass is 422 g/mol. The number of aryl methyl sites for hydroxylation is 1. The van der Waals surface area contributed by atoms with Gasteiger partial charge in [0.05, 0.1) is 5.69 Å². The normalized spacial score (nSPS) is 12.4. The Morgan fingerprint density at radius 1 is 0.906 bits per heavy atom. The van der Waals surface area contributed by atoms with Crippen LogP contribution in [0.1, 0.15) is 15.9 Å². The summed E-state index contributed by atoms with van der Waals surface area (Å²) in [6.07, 6.45) is 0. The molecule has 0 atom stereocenters. The molecule has 0 aliphatic carbocycles. The summed E-state index contributed by atoms with van der Waals surface area (Å²) in [5.41, 5.74) is 4.44. The Hall–Kier alpha value is -4.39. The Balaban J connectivity index is 1.35. The molecule has 0 bridgehead atoms. The summed E-state index contributed by atoms with van der Waals surface area (Å²) in [4.78, 5) is 14.5. The number of nitrogens with one attached hydrogen (secondary N) is 1. The third kappa shape index (κ3) is 3.02. The van der Waals surface area contributed by atoms with E-state index < -0.39 is 0 Å². The lowest BCUT2D eigenvalue weighted by Crippen LogP contribution is -2.12. The predicted molar refractivity (Wildman–Crippen MR) is 122 cm³/mol. The Labute approximate surface area is 183 Å². The first-order chi connectivity index (χ1) is 15.7. The van der Waals surface area contributed by atoms with Crippen molar-refractivity contribution in [2.75, 3.05) is 12.1 Å². The molecule has 0 unspecified atom stereocenters. The minimum atomic E-state index is -0.229. The van der Waals surface area contributed by atoms with E-state index >= 15 is 0 Å². The smallest absolute Gasteiger partial charge is 0.255 e. The van der Waals surface area contributed by atoms with Crippen LogP contribution < -0.4 is 14.8 Å². The molecule has 0 saturated carbocycles. The zero-order valence-electron chi connectivity index (χ0n) is 17.2. The van der Waals surface area contributed by atoms with Gasteiger partial charge in [0.25, 0.3) is 5.91 Å². The Morgan fingerprint density at radius 3 is 2.59 bits per heavy atom. The number of amides is 1. The number of anilines is 1. The molecule has 5 aromatic rings. The van der Waals surface area contributed by atoms with Gasteiger partial charge in [0.15, 0.2) is 11.5 Å². The number of rotatable bonds is 3. The van der Waals surface area contributed by atoms with Crippen LogP contribution in [-0.2, 0) is 0 Å². The summed E-state index contributed by atoms with van der Waals surface area (Å²) in [5, 5.41) is 14.5. The zero-order valence-corrected chi connectivity index (χ0v) is 17.2. The van der Waals surface area contributed by atoms with Gasteiger partial charge in [-0.1, -0.05) is 36.4 Å². The lowest BCUT2D eigenvalue weighted by Gasteiger charge is -2.08. The number of hydrogen-bond acceptors (Lipinski definition) is 5. The van der Waals surface area contributed by atoms with Crippen LogP contribution in [0.3, 0.4) is 0 Å². The molecule has 1 amide bonds. The fourth-order valence-corrected chi connectivity index (χ4v) is 3.93. The highest BCUT2D eigenvalue weighted by Gasteiger charge is 2.17. The second-order valence-electron chi connectivity index (χ2n) is 7.67. The molecular formula is C25H18N4O3. The summed E-state index contributed by atoms with van der Waals surface area (Å²) in [6, 6.07) is 23.1. The molecule has 0 radical (unpaired) electrons. The number of ether oxygens (including phenoxy) is 2. The van der Waals surface area contributed by atoms with E-state index in [1.807, 2.05) is 43.3 Å². The van der Waals surface area contributed by atoms with Crippen LogP contribution in [0, 0.1) is 6.92 Å². The first kappa shape index (κ1) is 18.4. The summed E-state index contributed by atoms with van der Waals surface area (Å²) in [7, 11) is 0. The standard InChI is InChI=1S/C25H18N4O3/c1-15-11-20-21(28-29(27-20)22-8-4-6-16-5-2-3-7-18(16)22)13-19(15)26-25(30)17-9-10-23-24(12-17)32-14-31-23/h2-13H,14H2,1H3,(H,26,30). The number of benzene rings is 4. The SMILES string of the molecule is Cc1cc2nn(-c3cccc4ccccc34)nc2cc1NC(=O)c1ccc2c(c1)OCO2. The molecule has 1 N–H and O–H groups in total. The van der Waals surface area contributed by atoms with Crippen molar-refractivity contribution in [2.24, 2.45) is 0 Å². The molecule has 7 nitrogen and oxygen atoms in total. The van der Waals surface area contributed by atoms with Crippen LogP contribution >= 0.6 is 0 Å². The van der Waals surface area contributed by atoms with Crippen molar-refractivity contribution in [3.8, 4) is 17.2 Å². The van der Waals surface area contributed by atoms with Crippen molar-refractivity contribution in [1.29, 1.82) is 0 Å². The number of carbonyl (C=O) groups is 1. The Morgan fingerprint density at radius 2 is 1.69 bits per heavy atom. The van der Waals surface area contributed by atoms with Crippen LogP contribution in [-0.4, -0.2) is 27.7 Å². The van der Waals surface area contributed by atoms with Crippen molar-refractivity contribution in [2.45, 2.75) is 6.92 Å². The molecule has 32 heavy (non-hydrogen) atoms. The lowest BCUT2D eigenvalue weighted by molar-refractivity contribution is 0.102. The molecule has 7 heteroatoms. The molecule has 0 fully saturated rings. The van der Waals surface area contributed by atoms with E-state index in [1.165, 1.54) is 0 Å². The third-order valence-electron chi connectivity index (χ3n) is 5.59. The average molecular weight is 422 g/mol. The Bertz CT molecular complexity index is 1520.